The molecule has 74 valence electrons. The van der Waals surface area contributed by atoms with Gasteiger partial charge in [-0.15, -0.1) is 0 Å². The van der Waals surface area contributed by atoms with Gasteiger partial charge in [0, 0.05) is 11.3 Å². The Kier molecular flexibility index (Phi) is 1.70. The number of hydrogen-bond acceptors (Lipinski definition) is 2. The summed E-state index contributed by atoms with van der Waals surface area (Å²) in [5.41, 5.74) is 9.11. The van der Waals surface area contributed by atoms with Crippen molar-refractivity contribution in [3.63, 3.8) is 0 Å². The SMILES string of the molecule is Cc1ccc2c(c1C)NC(=O)[C@]2(C)N. The molecule has 3 heteroatoms. The molecule has 0 fully saturated rings. The predicted octanol–water partition coefficient (Wildman–Crippen LogP) is 1.43. The summed E-state index contributed by atoms with van der Waals surface area (Å²) in [7, 11) is 0. The number of nitrogens with two attached hydrogens (primary N) is 1. The number of carbonyl (C=O) groups excluding carboxylic acids is 1. The van der Waals surface area contributed by atoms with Crippen molar-refractivity contribution in [3.8, 4) is 0 Å². The lowest BCUT2D eigenvalue weighted by molar-refractivity contribution is -0.120. The van der Waals surface area contributed by atoms with E-state index in [-0.39, 0.29) is 5.91 Å². The Labute approximate surface area is 83.3 Å². The molecular weight excluding hydrogens is 176 g/mol. The third kappa shape index (κ3) is 0.990. The summed E-state index contributed by atoms with van der Waals surface area (Å²) in [6.07, 6.45) is 0. The molecule has 2 rings (SSSR count). The third-order valence-electron chi connectivity index (χ3n) is 3.01. The van der Waals surface area contributed by atoms with Gasteiger partial charge in [0.15, 0.2) is 0 Å². The van der Waals surface area contributed by atoms with Crippen LogP contribution in [0.3, 0.4) is 0 Å². The molecule has 3 nitrogen and oxygen atoms in total. The summed E-state index contributed by atoms with van der Waals surface area (Å²) in [5.74, 6) is -0.124. The van der Waals surface area contributed by atoms with Crippen LogP contribution in [0.1, 0.15) is 23.6 Å². The first kappa shape index (κ1) is 9.21. The van der Waals surface area contributed by atoms with Crippen LogP contribution in [0, 0.1) is 13.8 Å². The fourth-order valence-corrected chi connectivity index (χ4v) is 1.78. The smallest absolute Gasteiger partial charge is 0.248 e. The Balaban J connectivity index is 2.70. The van der Waals surface area contributed by atoms with Gasteiger partial charge in [-0.25, -0.2) is 0 Å². The van der Waals surface area contributed by atoms with Gasteiger partial charge in [-0.2, -0.15) is 0 Å². The maximum atomic E-state index is 11.6. The number of amides is 1. The number of fused-ring (bicyclic) bond motifs is 1. The van der Waals surface area contributed by atoms with Crippen molar-refractivity contribution >= 4 is 11.6 Å². The summed E-state index contributed by atoms with van der Waals surface area (Å²) in [6, 6.07) is 3.93. The fourth-order valence-electron chi connectivity index (χ4n) is 1.78. The molecule has 0 radical (unpaired) electrons. The molecule has 0 saturated heterocycles. The van der Waals surface area contributed by atoms with Crippen LogP contribution in [0.2, 0.25) is 0 Å². The van der Waals surface area contributed by atoms with E-state index in [0.717, 1.165) is 16.8 Å². The first-order chi connectivity index (χ1) is 6.44. The molecule has 1 heterocycles. The molecule has 1 aliphatic rings. The molecule has 1 atom stereocenters. The van der Waals surface area contributed by atoms with Crippen LogP contribution in [0.15, 0.2) is 12.1 Å². The lowest BCUT2D eigenvalue weighted by atomic mass is 9.92. The minimum absolute atomic E-state index is 0.124. The Hall–Kier alpha value is -1.35. The number of nitrogens with one attached hydrogen (secondary N) is 1. The molecule has 0 aromatic heterocycles. The number of rotatable bonds is 0. The minimum atomic E-state index is -0.881. The first-order valence-electron chi connectivity index (χ1n) is 4.65. The van der Waals surface area contributed by atoms with Gasteiger partial charge in [0.25, 0.3) is 0 Å². The summed E-state index contributed by atoms with van der Waals surface area (Å²) in [6.45, 7) is 5.76. The highest BCUT2D eigenvalue weighted by Crippen LogP contribution is 2.36. The van der Waals surface area contributed by atoms with Crippen LogP contribution in [-0.2, 0) is 10.3 Å². The number of anilines is 1. The number of hydrogen-bond donors (Lipinski definition) is 2. The molecule has 1 aromatic carbocycles. The maximum Gasteiger partial charge on any atom is 0.248 e. The second-order valence-electron chi connectivity index (χ2n) is 4.09. The van der Waals surface area contributed by atoms with Crippen molar-refractivity contribution < 1.29 is 4.79 Å². The van der Waals surface area contributed by atoms with Gasteiger partial charge < -0.3 is 11.1 Å². The zero-order valence-corrected chi connectivity index (χ0v) is 8.64. The Morgan fingerprint density at radius 3 is 2.64 bits per heavy atom. The fraction of sp³-hybridized carbons (Fsp3) is 0.364. The van der Waals surface area contributed by atoms with Gasteiger partial charge in [-0.05, 0) is 31.9 Å². The quantitative estimate of drug-likeness (QED) is 0.650. The molecule has 0 unspecified atom stereocenters. The van der Waals surface area contributed by atoms with Gasteiger partial charge in [-0.1, -0.05) is 12.1 Å². The topological polar surface area (TPSA) is 55.1 Å². The van der Waals surface area contributed by atoms with Crippen LogP contribution in [0.5, 0.6) is 0 Å². The van der Waals surface area contributed by atoms with Crippen molar-refractivity contribution in [2.24, 2.45) is 5.73 Å². The Bertz CT molecular complexity index is 422. The van der Waals surface area contributed by atoms with Crippen LogP contribution < -0.4 is 11.1 Å². The van der Waals surface area contributed by atoms with Crippen LogP contribution >= 0.6 is 0 Å². The second kappa shape index (κ2) is 2.58. The number of aryl methyl sites for hydroxylation is 1. The Morgan fingerprint density at radius 1 is 1.36 bits per heavy atom. The molecule has 1 aromatic rings. The molecule has 14 heavy (non-hydrogen) atoms. The van der Waals surface area contributed by atoms with E-state index in [1.165, 1.54) is 5.56 Å². The van der Waals surface area contributed by atoms with E-state index < -0.39 is 5.54 Å². The highest BCUT2D eigenvalue weighted by molar-refractivity contribution is 6.06. The number of carbonyl (C=O) groups is 1. The molecule has 3 N–H and O–H groups in total. The average Bonchev–Trinajstić information content (AvgIpc) is 2.33. The second-order valence-corrected chi connectivity index (χ2v) is 4.09. The molecule has 1 aliphatic heterocycles. The Morgan fingerprint density at radius 2 is 2.00 bits per heavy atom. The van der Waals surface area contributed by atoms with Crippen LogP contribution in [0.4, 0.5) is 5.69 Å². The zero-order chi connectivity index (χ0) is 10.5. The molecule has 1 amide bonds. The molecular formula is C11H14N2O. The van der Waals surface area contributed by atoms with Gasteiger partial charge in [0.1, 0.15) is 5.54 Å². The van der Waals surface area contributed by atoms with E-state index >= 15 is 0 Å². The van der Waals surface area contributed by atoms with E-state index in [4.69, 9.17) is 5.73 Å². The van der Waals surface area contributed by atoms with Gasteiger partial charge >= 0.3 is 0 Å². The van der Waals surface area contributed by atoms with Crippen LogP contribution in [-0.4, -0.2) is 5.91 Å². The maximum absolute atomic E-state index is 11.6. The molecule has 0 aliphatic carbocycles. The van der Waals surface area contributed by atoms with Crippen molar-refractivity contribution in [2.45, 2.75) is 26.3 Å². The molecule has 0 bridgehead atoms. The summed E-state index contributed by atoms with van der Waals surface area (Å²) >= 11 is 0. The number of benzene rings is 1. The minimum Gasteiger partial charge on any atom is -0.324 e. The lowest BCUT2D eigenvalue weighted by Gasteiger charge is -2.15. The van der Waals surface area contributed by atoms with Crippen molar-refractivity contribution in [2.75, 3.05) is 5.32 Å². The van der Waals surface area contributed by atoms with Crippen LogP contribution in [0.25, 0.3) is 0 Å². The van der Waals surface area contributed by atoms with Gasteiger partial charge in [0.05, 0.1) is 0 Å². The van der Waals surface area contributed by atoms with Crippen molar-refractivity contribution in [3.05, 3.63) is 28.8 Å². The van der Waals surface area contributed by atoms with E-state index in [1.54, 1.807) is 6.92 Å². The molecule has 0 saturated carbocycles. The largest absolute Gasteiger partial charge is 0.324 e. The summed E-state index contributed by atoms with van der Waals surface area (Å²) < 4.78 is 0. The third-order valence-corrected chi connectivity index (χ3v) is 3.01. The van der Waals surface area contributed by atoms with E-state index in [1.807, 2.05) is 26.0 Å². The van der Waals surface area contributed by atoms with Gasteiger partial charge in [-0.3, -0.25) is 4.79 Å². The average molecular weight is 190 g/mol. The van der Waals surface area contributed by atoms with E-state index in [2.05, 4.69) is 5.32 Å². The highest BCUT2D eigenvalue weighted by Gasteiger charge is 2.39. The monoisotopic (exact) mass is 190 g/mol. The summed E-state index contributed by atoms with van der Waals surface area (Å²) in [5, 5.41) is 2.83. The van der Waals surface area contributed by atoms with E-state index in [0.29, 0.717) is 0 Å². The zero-order valence-electron chi connectivity index (χ0n) is 8.64. The predicted molar refractivity (Wildman–Crippen MR) is 56.1 cm³/mol. The first-order valence-corrected chi connectivity index (χ1v) is 4.65. The van der Waals surface area contributed by atoms with Crippen molar-refractivity contribution in [1.82, 2.24) is 0 Å². The van der Waals surface area contributed by atoms with E-state index in [9.17, 15) is 4.79 Å². The van der Waals surface area contributed by atoms with Crippen molar-refractivity contribution in [1.29, 1.82) is 0 Å². The highest BCUT2D eigenvalue weighted by atomic mass is 16.2. The summed E-state index contributed by atoms with van der Waals surface area (Å²) in [4.78, 5) is 11.6. The molecule has 0 spiro atoms. The lowest BCUT2D eigenvalue weighted by Crippen LogP contribution is -2.40. The standard InChI is InChI=1S/C11H14N2O/c1-6-4-5-8-9(7(6)2)13-10(14)11(8,3)12/h4-5H,12H2,1-3H3,(H,13,14)/t11-/m1/s1. The normalized spacial score (nSPS) is 24.7. The van der Waals surface area contributed by atoms with Gasteiger partial charge in [0.2, 0.25) is 5.91 Å².